The summed E-state index contributed by atoms with van der Waals surface area (Å²) in [5, 5.41) is 15.3. The third kappa shape index (κ3) is 5.37. The van der Waals surface area contributed by atoms with E-state index in [9.17, 15) is 10.1 Å². The first-order valence-corrected chi connectivity index (χ1v) is 12.2. The second kappa shape index (κ2) is 10.9. The fourth-order valence-corrected chi connectivity index (χ4v) is 4.92. The number of nitro groups is 1. The molecule has 180 valence electrons. The van der Waals surface area contributed by atoms with E-state index in [1.807, 2.05) is 33.3 Å². The highest BCUT2D eigenvalue weighted by Crippen LogP contribution is 2.34. The summed E-state index contributed by atoms with van der Waals surface area (Å²) >= 11 is 1.68. The summed E-state index contributed by atoms with van der Waals surface area (Å²) < 4.78 is 9.62. The van der Waals surface area contributed by atoms with Gasteiger partial charge in [-0.25, -0.2) is 14.3 Å². The number of ether oxygens (including phenoxy) is 1. The van der Waals surface area contributed by atoms with Crippen LogP contribution in [0.3, 0.4) is 0 Å². The minimum absolute atomic E-state index is 0.0548. The number of hydrogen-bond donors (Lipinski definition) is 0. The van der Waals surface area contributed by atoms with Crippen molar-refractivity contribution in [3.63, 3.8) is 0 Å². The normalized spacial score (nSPS) is 15.9. The van der Waals surface area contributed by atoms with E-state index >= 15 is 0 Å². The molecule has 0 N–H and O–H groups in total. The minimum Gasteiger partial charge on any atom is -0.378 e. The van der Waals surface area contributed by atoms with Crippen LogP contribution < -0.4 is 4.90 Å². The lowest BCUT2D eigenvalue weighted by Gasteiger charge is -2.33. The van der Waals surface area contributed by atoms with Crippen LogP contribution in [0.4, 0.5) is 11.5 Å². The fourth-order valence-electron chi connectivity index (χ4n) is 3.96. The number of aromatic nitrogens is 4. The zero-order valence-electron chi connectivity index (χ0n) is 19.7. The van der Waals surface area contributed by atoms with Crippen LogP contribution in [0.15, 0.2) is 41.6 Å². The summed E-state index contributed by atoms with van der Waals surface area (Å²) in [6.45, 7) is 8.51. The third-order valence-electron chi connectivity index (χ3n) is 5.57. The van der Waals surface area contributed by atoms with E-state index in [0.717, 1.165) is 48.0 Å². The van der Waals surface area contributed by atoms with Gasteiger partial charge in [-0.15, -0.1) is 0 Å². The van der Waals surface area contributed by atoms with Crippen molar-refractivity contribution in [2.45, 2.75) is 31.7 Å². The van der Waals surface area contributed by atoms with Gasteiger partial charge >= 0.3 is 0 Å². The summed E-state index contributed by atoms with van der Waals surface area (Å²) in [5.74, 6) is 1.55. The Morgan fingerprint density at radius 2 is 1.82 bits per heavy atom. The van der Waals surface area contributed by atoms with Crippen molar-refractivity contribution < 1.29 is 9.66 Å². The number of hydrogen-bond acceptors (Lipinski definition) is 9. The third-order valence-corrected chi connectivity index (χ3v) is 6.56. The Morgan fingerprint density at radius 1 is 1.09 bits per heavy atom. The number of fused-ring (bicyclic) bond motifs is 1. The summed E-state index contributed by atoms with van der Waals surface area (Å²) in [5.41, 5.74) is 3.00. The van der Waals surface area contributed by atoms with Gasteiger partial charge < -0.3 is 9.64 Å². The largest absolute Gasteiger partial charge is 0.378 e. The Kier molecular flexibility index (Phi) is 7.76. The van der Waals surface area contributed by atoms with E-state index in [2.05, 4.69) is 14.3 Å². The summed E-state index contributed by atoms with van der Waals surface area (Å²) in [6.07, 6.45) is 4.72. The van der Waals surface area contributed by atoms with Crippen molar-refractivity contribution in [1.82, 2.24) is 24.1 Å². The number of benzene rings is 1. The van der Waals surface area contributed by atoms with Crippen LogP contribution in [-0.2, 0) is 24.8 Å². The van der Waals surface area contributed by atoms with E-state index in [1.165, 1.54) is 17.7 Å². The standard InChI is InChI=1S/C21H23N7O3S.C2H6/c1-25-13-17(12-22-25)32-27-7-6-18-19(14-27)23-20(15-2-4-16(5-3-15)28(29)30)24-21(18)26-8-10-31-11-9-26;1-2/h2-5,12-13H,6-11,14H2,1H3;1-2H3. The van der Waals surface area contributed by atoms with E-state index in [1.54, 1.807) is 28.8 Å². The quantitative estimate of drug-likeness (QED) is 0.305. The molecular weight excluding hydrogens is 454 g/mol. The Hall–Kier alpha value is -3.02. The smallest absolute Gasteiger partial charge is 0.269 e. The van der Waals surface area contributed by atoms with Crippen LogP contribution in [0.5, 0.6) is 0 Å². The topological polar surface area (TPSA) is 102 Å². The van der Waals surface area contributed by atoms with Gasteiger partial charge in [-0.3, -0.25) is 14.8 Å². The van der Waals surface area contributed by atoms with Gasteiger partial charge in [0.25, 0.3) is 5.69 Å². The van der Waals surface area contributed by atoms with Crippen molar-refractivity contribution in [2.24, 2.45) is 7.05 Å². The number of nitrogens with zero attached hydrogens (tertiary/aromatic N) is 7. The number of rotatable bonds is 5. The SMILES string of the molecule is CC.Cn1cc(SN2CCc3c(nc(-c4ccc([N+](=O)[O-])cc4)nc3N3CCOCC3)C2)cn1. The highest BCUT2D eigenvalue weighted by Gasteiger charge is 2.27. The maximum atomic E-state index is 11.0. The maximum absolute atomic E-state index is 11.0. The highest BCUT2D eigenvalue weighted by atomic mass is 32.2. The zero-order chi connectivity index (χ0) is 24.1. The molecule has 34 heavy (non-hydrogen) atoms. The molecule has 11 heteroatoms. The van der Waals surface area contributed by atoms with Crippen molar-refractivity contribution in [3.05, 3.63) is 58.0 Å². The van der Waals surface area contributed by atoms with Crippen molar-refractivity contribution >= 4 is 23.5 Å². The fraction of sp³-hybridized carbons (Fsp3) is 0.435. The number of nitro benzene ring substituents is 1. The average molecular weight is 484 g/mol. The van der Waals surface area contributed by atoms with E-state index in [-0.39, 0.29) is 5.69 Å². The van der Waals surface area contributed by atoms with Gasteiger partial charge in [0.2, 0.25) is 0 Å². The molecule has 1 fully saturated rings. The van der Waals surface area contributed by atoms with Crippen molar-refractivity contribution in [1.29, 1.82) is 0 Å². The van der Waals surface area contributed by atoms with Crippen molar-refractivity contribution in [3.8, 4) is 11.4 Å². The molecular formula is C23H29N7O3S. The molecule has 0 bridgehead atoms. The number of aryl methyl sites for hydroxylation is 1. The molecule has 2 aliphatic rings. The average Bonchev–Trinajstić information content (AvgIpc) is 3.29. The second-order valence-corrected chi connectivity index (χ2v) is 8.92. The van der Waals surface area contributed by atoms with E-state index < -0.39 is 4.92 Å². The molecule has 1 saturated heterocycles. The van der Waals surface area contributed by atoms with Gasteiger partial charge in [-0.1, -0.05) is 13.8 Å². The Balaban J connectivity index is 0.00000133. The molecule has 0 radical (unpaired) electrons. The van der Waals surface area contributed by atoms with Crippen LogP contribution in [0.25, 0.3) is 11.4 Å². The summed E-state index contributed by atoms with van der Waals surface area (Å²) in [4.78, 5) is 23.8. The predicted molar refractivity (Wildman–Crippen MR) is 132 cm³/mol. The Morgan fingerprint density at radius 3 is 2.47 bits per heavy atom. The van der Waals surface area contributed by atoms with Gasteiger partial charge in [0, 0.05) is 56.1 Å². The first kappa shape index (κ1) is 24.1. The van der Waals surface area contributed by atoms with Gasteiger partial charge in [0.05, 0.1) is 41.5 Å². The number of anilines is 1. The van der Waals surface area contributed by atoms with Gasteiger partial charge in [0.15, 0.2) is 5.82 Å². The molecule has 0 amide bonds. The van der Waals surface area contributed by atoms with Gasteiger partial charge in [0.1, 0.15) is 5.82 Å². The number of morpholine rings is 1. The summed E-state index contributed by atoms with van der Waals surface area (Å²) in [7, 11) is 1.91. The molecule has 0 atom stereocenters. The molecule has 2 aromatic heterocycles. The number of non-ortho nitro benzene ring substituents is 1. The molecule has 4 heterocycles. The Bertz CT molecular complexity index is 1130. The molecule has 0 saturated carbocycles. The van der Waals surface area contributed by atoms with Crippen molar-refractivity contribution in [2.75, 3.05) is 37.7 Å². The van der Waals surface area contributed by atoms with Crippen LogP contribution in [0, 0.1) is 10.1 Å². The molecule has 0 unspecified atom stereocenters. The van der Waals surface area contributed by atoms with Crippen LogP contribution in [-0.4, -0.2) is 61.8 Å². The van der Waals surface area contributed by atoms with Gasteiger partial charge in [-0.2, -0.15) is 5.10 Å². The molecule has 1 aromatic carbocycles. The molecule has 2 aliphatic heterocycles. The minimum atomic E-state index is -0.399. The van der Waals surface area contributed by atoms with Crippen LogP contribution in [0.1, 0.15) is 25.1 Å². The highest BCUT2D eigenvalue weighted by molar-refractivity contribution is 7.97. The van der Waals surface area contributed by atoms with E-state index in [4.69, 9.17) is 14.7 Å². The molecule has 0 aliphatic carbocycles. The first-order valence-electron chi connectivity index (χ1n) is 11.5. The molecule has 10 nitrogen and oxygen atoms in total. The lowest BCUT2D eigenvalue weighted by Crippen LogP contribution is -2.39. The van der Waals surface area contributed by atoms with E-state index in [0.29, 0.717) is 25.6 Å². The summed E-state index contributed by atoms with van der Waals surface area (Å²) in [6, 6.07) is 6.43. The Labute approximate surface area is 203 Å². The molecule has 3 aromatic rings. The lowest BCUT2D eigenvalue weighted by molar-refractivity contribution is -0.384. The zero-order valence-corrected chi connectivity index (χ0v) is 20.5. The second-order valence-electron chi connectivity index (χ2n) is 7.75. The van der Waals surface area contributed by atoms with Crippen LogP contribution in [0.2, 0.25) is 0 Å². The monoisotopic (exact) mass is 483 g/mol. The molecule has 5 rings (SSSR count). The lowest BCUT2D eigenvalue weighted by atomic mass is 10.1. The van der Waals surface area contributed by atoms with Gasteiger partial charge in [-0.05, 0) is 30.5 Å². The van der Waals surface area contributed by atoms with Crippen LogP contribution >= 0.6 is 11.9 Å². The first-order chi connectivity index (χ1) is 16.6. The predicted octanol–water partition coefficient (Wildman–Crippen LogP) is 3.71. The maximum Gasteiger partial charge on any atom is 0.269 e. The molecule has 0 spiro atoms.